The fraction of sp³-hybridized carbons (Fsp3) is 0.316. The van der Waals surface area contributed by atoms with Crippen molar-refractivity contribution in [2.75, 3.05) is 0 Å². The van der Waals surface area contributed by atoms with Crippen LogP contribution in [0.3, 0.4) is 0 Å². The number of rotatable bonds is 4. The van der Waals surface area contributed by atoms with E-state index in [1.165, 1.54) is 24.3 Å². The molecule has 0 bridgehead atoms. The molecule has 2 aromatic carbocycles. The second-order valence-electron chi connectivity index (χ2n) is 6.65. The van der Waals surface area contributed by atoms with Crippen LogP contribution < -0.4 is 5.73 Å². The third kappa shape index (κ3) is 3.05. The lowest BCUT2D eigenvalue weighted by Crippen LogP contribution is -2.43. The highest BCUT2D eigenvalue weighted by molar-refractivity contribution is 7.92. The van der Waals surface area contributed by atoms with E-state index in [4.69, 9.17) is 5.73 Å². The SMILES string of the molecule is NC1CCC(c2cc(F)ccc2F)(S(=O)(=O)c2ccc(C=O)cc2)CC1. The van der Waals surface area contributed by atoms with Crippen LogP contribution in [0.4, 0.5) is 8.78 Å². The average molecular weight is 379 g/mol. The second kappa shape index (κ2) is 6.89. The quantitative estimate of drug-likeness (QED) is 0.827. The number of halogens is 2. The molecular formula is C19H19F2NO3S. The van der Waals surface area contributed by atoms with Gasteiger partial charge in [0, 0.05) is 17.2 Å². The number of hydrogen-bond acceptors (Lipinski definition) is 4. The van der Waals surface area contributed by atoms with Gasteiger partial charge in [-0.15, -0.1) is 0 Å². The molecule has 2 N–H and O–H groups in total. The van der Waals surface area contributed by atoms with E-state index in [0.29, 0.717) is 24.7 Å². The Morgan fingerprint density at radius 1 is 1.04 bits per heavy atom. The number of carbonyl (C=O) groups is 1. The monoisotopic (exact) mass is 379 g/mol. The maximum atomic E-state index is 14.6. The van der Waals surface area contributed by atoms with E-state index in [0.717, 1.165) is 18.2 Å². The summed E-state index contributed by atoms with van der Waals surface area (Å²) in [6, 6.07) is 8.14. The van der Waals surface area contributed by atoms with E-state index in [9.17, 15) is 22.0 Å². The van der Waals surface area contributed by atoms with Crippen molar-refractivity contribution < 1.29 is 22.0 Å². The van der Waals surface area contributed by atoms with Crippen LogP contribution >= 0.6 is 0 Å². The minimum Gasteiger partial charge on any atom is -0.328 e. The Kier molecular flexibility index (Phi) is 4.94. The van der Waals surface area contributed by atoms with Crippen LogP contribution in [0.15, 0.2) is 47.4 Å². The topological polar surface area (TPSA) is 77.2 Å². The van der Waals surface area contributed by atoms with Crippen molar-refractivity contribution in [2.45, 2.75) is 41.4 Å². The van der Waals surface area contributed by atoms with E-state index in [1.54, 1.807) is 0 Å². The van der Waals surface area contributed by atoms with Crippen LogP contribution in [0.5, 0.6) is 0 Å². The zero-order valence-electron chi connectivity index (χ0n) is 14.0. The third-order valence-corrected chi connectivity index (χ3v) is 7.65. The van der Waals surface area contributed by atoms with Crippen LogP contribution in [0.2, 0.25) is 0 Å². The van der Waals surface area contributed by atoms with Crippen LogP contribution in [0, 0.1) is 11.6 Å². The molecule has 0 saturated heterocycles. The Morgan fingerprint density at radius 3 is 2.23 bits per heavy atom. The van der Waals surface area contributed by atoms with Gasteiger partial charge in [0.15, 0.2) is 9.84 Å². The predicted octanol–water partition coefficient (Wildman–Crippen LogP) is 3.35. The first-order valence-electron chi connectivity index (χ1n) is 8.31. The normalized spacial score (nSPS) is 23.6. The Bertz CT molecular complexity index is 918. The van der Waals surface area contributed by atoms with Crippen LogP contribution in [-0.4, -0.2) is 20.7 Å². The number of hydrogen-bond donors (Lipinski definition) is 1. The molecule has 0 heterocycles. The fourth-order valence-corrected chi connectivity index (χ4v) is 5.75. The first-order chi connectivity index (χ1) is 12.3. The summed E-state index contributed by atoms with van der Waals surface area (Å²) < 4.78 is 53.7. The number of benzene rings is 2. The zero-order chi connectivity index (χ0) is 18.9. The first-order valence-corrected chi connectivity index (χ1v) is 9.79. The molecule has 0 spiro atoms. The van der Waals surface area contributed by atoms with Gasteiger partial charge in [-0.3, -0.25) is 4.79 Å². The molecule has 0 unspecified atom stereocenters. The van der Waals surface area contributed by atoms with Crippen molar-refractivity contribution in [1.82, 2.24) is 0 Å². The number of aldehydes is 1. The zero-order valence-corrected chi connectivity index (χ0v) is 14.8. The predicted molar refractivity (Wildman–Crippen MR) is 93.5 cm³/mol. The number of carbonyl (C=O) groups excluding carboxylic acids is 1. The Labute approximate surface area is 150 Å². The lowest BCUT2D eigenvalue weighted by atomic mass is 9.81. The smallest absolute Gasteiger partial charge is 0.188 e. The van der Waals surface area contributed by atoms with Crippen molar-refractivity contribution in [3.63, 3.8) is 0 Å². The Morgan fingerprint density at radius 2 is 1.65 bits per heavy atom. The summed E-state index contributed by atoms with van der Waals surface area (Å²) in [5, 5.41) is 0. The average Bonchev–Trinajstić information content (AvgIpc) is 2.64. The van der Waals surface area contributed by atoms with Gasteiger partial charge in [0.05, 0.1) is 4.90 Å². The summed E-state index contributed by atoms with van der Waals surface area (Å²) in [5.41, 5.74) is 6.09. The molecule has 3 rings (SSSR count). The number of nitrogens with two attached hydrogens (primary N) is 1. The van der Waals surface area contributed by atoms with E-state index in [2.05, 4.69) is 0 Å². The van der Waals surface area contributed by atoms with Crippen molar-refractivity contribution in [3.8, 4) is 0 Å². The van der Waals surface area contributed by atoms with Gasteiger partial charge in [-0.05, 0) is 56.0 Å². The maximum Gasteiger partial charge on any atom is 0.188 e. The first kappa shape index (κ1) is 18.7. The van der Waals surface area contributed by atoms with Gasteiger partial charge in [0.2, 0.25) is 0 Å². The van der Waals surface area contributed by atoms with Gasteiger partial charge >= 0.3 is 0 Å². The molecule has 7 heteroatoms. The van der Waals surface area contributed by atoms with Gasteiger partial charge in [0.25, 0.3) is 0 Å². The lowest BCUT2D eigenvalue weighted by molar-refractivity contribution is 0.112. The molecule has 0 atom stereocenters. The molecule has 138 valence electrons. The number of sulfone groups is 1. The van der Waals surface area contributed by atoms with Crippen LogP contribution in [0.25, 0.3) is 0 Å². The summed E-state index contributed by atoms with van der Waals surface area (Å²) in [5.74, 6) is -1.45. The van der Waals surface area contributed by atoms with Crippen molar-refractivity contribution >= 4 is 16.1 Å². The van der Waals surface area contributed by atoms with E-state index in [-0.39, 0.29) is 29.3 Å². The van der Waals surface area contributed by atoms with Crippen LogP contribution in [-0.2, 0) is 14.6 Å². The molecule has 2 aromatic rings. The summed E-state index contributed by atoms with van der Waals surface area (Å²) in [6.45, 7) is 0. The second-order valence-corrected chi connectivity index (χ2v) is 8.91. The standard InChI is InChI=1S/C19H19F2NO3S/c20-14-3-6-18(21)17(11-14)19(9-7-15(22)8-10-19)26(24,25)16-4-1-13(12-23)2-5-16/h1-6,11-12,15H,7-10,22H2. The van der Waals surface area contributed by atoms with Crippen molar-refractivity contribution in [3.05, 3.63) is 65.2 Å². The summed E-state index contributed by atoms with van der Waals surface area (Å²) in [7, 11) is -4.04. The molecule has 0 aromatic heterocycles. The molecule has 4 nitrogen and oxygen atoms in total. The third-order valence-electron chi connectivity index (χ3n) is 5.10. The minimum absolute atomic E-state index is 0.0257. The summed E-state index contributed by atoms with van der Waals surface area (Å²) in [4.78, 5) is 10.8. The van der Waals surface area contributed by atoms with E-state index >= 15 is 0 Å². The Balaban J connectivity index is 2.20. The van der Waals surface area contributed by atoms with E-state index in [1.807, 2.05) is 0 Å². The highest BCUT2D eigenvalue weighted by Gasteiger charge is 2.49. The molecule has 1 aliphatic rings. The fourth-order valence-electron chi connectivity index (χ4n) is 3.59. The van der Waals surface area contributed by atoms with Crippen LogP contribution in [0.1, 0.15) is 41.6 Å². The highest BCUT2D eigenvalue weighted by atomic mass is 32.2. The maximum absolute atomic E-state index is 14.6. The van der Waals surface area contributed by atoms with Gasteiger partial charge in [0.1, 0.15) is 22.7 Å². The minimum atomic E-state index is -4.04. The van der Waals surface area contributed by atoms with Gasteiger partial charge in [-0.1, -0.05) is 12.1 Å². The molecule has 1 saturated carbocycles. The highest BCUT2D eigenvalue weighted by Crippen LogP contribution is 2.47. The molecule has 0 amide bonds. The lowest BCUT2D eigenvalue weighted by Gasteiger charge is -2.39. The molecule has 1 fully saturated rings. The van der Waals surface area contributed by atoms with Crippen molar-refractivity contribution in [2.24, 2.45) is 5.73 Å². The molecule has 1 aliphatic carbocycles. The molecular weight excluding hydrogens is 360 g/mol. The molecule has 26 heavy (non-hydrogen) atoms. The molecule has 0 radical (unpaired) electrons. The van der Waals surface area contributed by atoms with Crippen molar-refractivity contribution in [1.29, 1.82) is 0 Å². The largest absolute Gasteiger partial charge is 0.328 e. The Hall–Kier alpha value is -2.12. The van der Waals surface area contributed by atoms with E-state index < -0.39 is 26.2 Å². The van der Waals surface area contributed by atoms with Gasteiger partial charge < -0.3 is 5.73 Å². The summed E-state index contributed by atoms with van der Waals surface area (Å²) in [6.07, 6.45) is 1.60. The van der Waals surface area contributed by atoms with Gasteiger partial charge in [-0.2, -0.15) is 0 Å². The summed E-state index contributed by atoms with van der Waals surface area (Å²) >= 11 is 0. The molecule has 0 aliphatic heterocycles. The van der Waals surface area contributed by atoms with Gasteiger partial charge in [-0.25, -0.2) is 17.2 Å².